The average molecular weight is 497 g/mol. The van der Waals surface area contributed by atoms with Crippen LogP contribution in [0.5, 0.6) is 0 Å². The molecule has 1 heterocycles. The number of primary amides is 1. The maximum atomic E-state index is 13.6. The molecule has 1 atom stereocenters. The quantitative estimate of drug-likeness (QED) is 0.496. The molecule has 196 valence electrons. The highest BCUT2D eigenvalue weighted by molar-refractivity contribution is 5.79. The third kappa shape index (κ3) is 8.24. The smallest absolute Gasteiger partial charge is 0.405 e. The fraction of sp³-hybridized carbons (Fsp3) is 0.500. The minimum atomic E-state index is -0.833. The summed E-state index contributed by atoms with van der Waals surface area (Å²) in [5.41, 5.74) is 7.82. The van der Waals surface area contributed by atoms with Gasteiger partial charge in [-0.25, -0.2) is 4.79 Å². The first-order valence-electron chi connectivity index (χ1n) is 12.6. The molecule has 3 rings (SSSR count). The maximum Gasteiger partial charge on any atom is 0.405 e. The van der Waals surface area contributed by atoms with Crippen molar-refractivity contribution in [1.29, 1.82) is 0 Å². The number of hydrogen-bond donors (Lipinski definition) is 2. The van der Waals surface area contributed by atoms with Crippen molar-refractivity contribution in [2.75, 3.05) is 51.3 Å². The largest absolute Gasteiger partial charge is 0.444 e. The van der Waals surface area contributed by atoms with Crippen LogP contribution in [0.4, 0.5) is 10.5 Å². The SMILES string of the molecule is CN(CCO)c1ccc(CN2CCN(C(=O)C(Cc3ccccc3)CC(C)(C)OC(N)=O)CC2)cc1. The van der Waals surface area contributed by atoms with Crippen molar-refractivity contribution in [3.05, 3.63) is 65.7 Å². The molecule has 0 spiro atoms. The van der Waals surface area contributed by atoms with E-state index in [1.807, 2.05) is 47.2 Å². The van der Waals surface area contributed by atoms with Gasteiger partial charge in [0.1, 0.15) is 5.60 Å². The number of ether oxygens (including phenoxy) is 1. The predicted octanol–water partition coefficient (Wildman–Crippen LogP) is 2.88. The van der Waals surface area contributed by atoms with Crippen LogP contribution in [0.15, 0.2) is 54.6 Å². The third-order valence-electron chi connectivity index (χ3n) is 6.69. The number of benzene rings is 2. The van der Waals surface area contributed by atoms with Crippen molar-refractivity contribution in [3.63, 3.8) is 0 Å². The summed E-state index contributed by atoms with van der Waals surface area (Å²) in [7, 11) is 1.97. The number of hydrogen-bond acceptors (Lipinski definition) is 6. The molecule has 8 heteroatoms. The molecule has 0 aliphatic carbocycles. The lowest BCUT2D eigenvalue weighted by atomic mass is 9.87. The number of carbonyl (C=O) groups excluding carboxylic acids is 2. The van der Waals surface area contributed by atoms with Crippen LogP contribution >= 0.6 is 0 Å². The molecule has 1 fully saturated rings. The molecule has 8 nitrogen and oxygen atoms in total. The first-order chi connectivity index (χ1) is 17.2. The van der Waals surface area contributed by atoms with Crippen molar-refractivity contribution in [2.45, 2.75) is 38.8 Å². The van der Waals surface area contributed by atoms with Crippen LogP contribution in [0.2, 0.25) is 0 Å². The molecule has 0 aromatic heterocycles. The first-order valence-corrected chi connectivity index (χ1v) is 12.6. The normalized spacial score (nSPS) is 15.4. The van der Waals surface area contributed by atoms with E-state index < -0.39 is 11.7 Å². The van der Waals surface area contributed by atoms with Crippen molar-refractivity contribution in [2.24, 2.45) is 11.7 Å². The topological polar surface area (TPSA) is 99.3 Å². The van der Waals surface area contributed by atoms with E-state index in [1.54, 1.807) is 13.8 Å². The van der Waals surface area contributed by atoms with E-state index in [4.69, 9.17) is 15.6 Å². The number of nitrogens with two attached hydrogens (primary N) is 1. The fourth-order valence-electron chi connectivity index (χ4n) is 4.83. The standard InChI is InChI=1S/C28H40N4O4/c1-28(2,36-27(29)35)20-24(19-22-7-5-4-6-8-22)26(34)32-15-13-31(14-16-32)21-23-9-11-25(12-10-23)30(3)17-18-33/h4-12,24,33H,13-21H2,1-3H3,(H2,29,35). The van der Waals surface area contributed by atoms with Gasteiger partial charge in [0.15, 0.2) is 0 Å². The monoisotopic (exact) mass is 496 g/mol. The summed E-state index contributed by atoms with van der Waals surface area (Å²) in [6.45, 7) is 8.10. The molecule has 0 saturated carbocycles. The van der Waals surface area contributed by atoms with Gasteiger partial charge < -0.3 is 25.4 Å². The number of piperazine rings is 1. The van der Waals surface area contributed by atoms with Crippen LogP contribution in [0.1, 0.15) is 31.4 Å². The molecule has 1 aliphatic heterocycles. The van der Waals surface area contributed by atoms with Crippen LogP contribution in [0, 0.1) is 5.92 Å². The van der Waals surface area contributed by atoms with Gasteiger partial charge >= 0.3 is 6.09 Å². The van der Waals surface area contributed by atoms with Gasteiger partial charge in [-0.1, -0.05) is 42.5 Å². The Balaban J connectivity index is 1.59. The van der Waals surface area contributed by atoms with Gasteiger partial charge in [0, 0.05) is 57.9 Å². The zero-order valence-electron chi connectivity index (χ0n) is 21.7. The van der Waals surface area contributed by atoms with E-state index in [9.17, 15) is 9.59 Å². The Hall–Kier alpha value is -3.10. The molecular formula is C28H40N4O4. The van der Waals surface area contributed by atoms with Crippen LogP contribution in [0.3, 0.4) is 0 Å². The van der Waals surface area contributed by atoms with Gasteiger partial charge in [0.05, 0.1) is 6.61 Å². The van der Waals surface area contributed by atoms with Crippen molar-refractivity contribution in [1.82, 2.24) is 9.80 Å². The molecule has 1 unspecified atom stereocenters. The van der Waals surface area contributed by atoms with Crippen molar-refractivity contribution in [3.8, 4) is 0 Å². The van der Waals surface area contributed by atoms with Gasteiger partial charge in [0.25, 0.3) is 0 Å². The van der Waals surface area contributed by atoms with Crippen LogP contribution in [-0.2, 0) is 22.5 Å². The Morgan fingerprint density at radius 2 is 1.67 bits per heavy atom. The van der Waals surface area contributed by atoms with Crippen LogP contribution in [0.25, 0.3) is 0 Å². The summed E-state index contributed by atoms with van der Waals surface area (Å²) in [4.78, 5) is 31.3. The van der Waals surface area contributed by atoms with Crippen LogP contribution in [-0.4, -0.2) is 78.9 Å². The highest BCUT2D eigenvalue weighted by atomic mass is 16.6. The summed E-state index contributed by atoms with van der Waals surface area (Å²) in [6, 6.07) is 18.3. The molecule has 2 aromatic rings. The summed E-state index contributed by atoms with van der Waals surface area (Å²) < 4.78 is 5.31. The molecule has 3 N–H and O–H groups in total. The van der Waals surface area contributed by atoms with Crippen LogP contribution < -0.4 is 10.6 Å². The summed E-state index contributed by atoms with van der Waals surface area (Å²) in [6.07, 6.45) is 0.163. The van der Waals surface area contributed by atoms with E-state index in [0.29, 0.717) is 32.5 Å². The van der Waals surface area contributed by atoms with Gasteiger partial charge in [-0.2, -0.15) is 0 Å². The lowest BCUT2D eigenvalue weighted by Gasteiger charge is -2.38. The third-order valence-corrected chi connectivity index (χ3v) is 6.69. The van der Waals surface area contributed by atoms with E-state index in [1.165, 1.54) is 5.56 Å². The Morgan fingerprint density at radius 3 is 2.25 bits per heavy atom. The number of nitrogens with zero attached hydrogens (tertiary/aromatic N) is 3. The van der Waals surface area contributed by atoms with Gasteiger partial charge in [-0.05, 0) is 49.9 Å². The Morgan fingerprint density at radius 1 is 1.03 bits per heavy atom. The average Bonchev–Trinajstić information content (AvgIpc) is 2.84. The molecule has 1 saturated heterocycles. The number of anilines is 1. The minimum Gasteiger partial charge on any atom is -0.444 e. The predicted molar refractivity (Wildman–Crippen MR) is 142 cm³/mol. The number of likely N-dealkylation sites (N-methyl/N-ethyl adjacent to an activating group) is 1. The maximum absolute atomic E-state index is 13.6. The molecule has 2 aromatic carbocycles. The second-order valence-corrected chi connectivity index (χ2v) is 10.2. The minimum absolute atomic E-state index is 0.0934. The van der Waals surface area contributed by atoms with E-state index >= 15 is 0 Å². The molecule has 36 heavy (non-hydrogen) atoms. The zero-order valence-corrected chi connectivity index (χ0v) is 21.7. The van der Waals surface area contributed by atoms with E-state index in [2.05, 4.69) is 29.2 Å². The van der Waals surface area contributed by atoms with E-state index in [0.717, 1.165) is 30.9 Å². The number of aliphatic hydroxyl groups excluding tert-OH is 1. The lowest BCUT2D eigenvalue weighted by molar-refractivity contribution is -0.139. The second kappa shape index (κ2) is 12.7. The van der Waals surface area contributed by atoms with E-state index in [-0.39, 0.29) is 18.4 Å². The highest BCUT2D eigenvalue weighted by Gasteiger charge is 2.34. The van der Waals surface area contributed by atoms with Gasteiger partial charge in [0.2, 0.25) is 5.91 Å². The lowest BCUT2D eigenvalue weighted by Crippen LogP contribution is -2.51. The summed E-state index contributed by atoms with van der Waals surface area (Å²) in [5.74, 6) is -0.215. The van der Waals surface area contributed by atoms with Gasteiger partial charge in [-0.15, -0.1) is 0 Å². The molecule has 0 radical (unpaired) electrons. The number of amides is 2. The number of carbonyl (C=O) groups is 2. The summed E-state index contributed by atoms with van der Waals surface area (Å²) >= 11 is 0. The first kappa shape index (κ1) is 27.5. The second-order valence-electron chi connectivity index (χ2n) is 10.2. The molecule has 2 amide bonds. The van der Waals surface area contributed by atoms with Crippen molar-refractivity contribution < 1.29 is 19.4 Å². The summed E-state index contributed by atoms with van der Waals surface area (Å²) in [5, 5.41) is 9.13. The molecular weight excluding hydrogens is 456 g/mol. The Bertz CT molecular complexity index is 973. The fourth-order valence-corrected chi connectivity index (χ4v) is 4.83. The number of aliphatic hydroxyl groups is 1. The number of rotatable bonds is 11. The molecule has 0 bridgehead atoms. The van der Waals surface area contributed by atoms with Gasteiger partial charge in [-0.3, -0.25) is 9.69 Å². The highest BCUT2D eigenvalue weighted by Crippen LogP contribution is 2.26. The van der Waals surface area contributed by atoms with Crippen molar-refractivity contribution >= 4 is 17.7 Å². The zero-order chi connectivity index (χ0) is 26.1. The molecule has 1 aliphatic rings. The Labute approximate surface area is 214 Å². The Kier molecular flexibility index (Phi) is 9.73.